The monoisotopic (exact) mass is 384 g/mol. The minimum atomic E-state index is -0.687. The van der Waals surface area contributed by atoms with Crippen LogP contribution in [0.2, 0.25) is 0 Å². The Hall–Kier alpha value is -2.69. The van der Waals surface area contributed by atoms with E-state index in [1.54, 1.807) is 25.1 Å². The molecule has 0 saturated heterocycles. The van der Waals surface area contributed by atoms with Gasteiger partial charge >= 0.3 is 0 Å². The molecular formula is C23H29FN2O2. The molecule has 0 heterocycles. The first kappa shape index (κ1) is 21.6. The zero-order valence-corrected chi connectivity index (χ0v) is 16.9. The van der Waals surface area contributed by atoms with Gasteiger partial charge in [0.15, 0.2) is 0 Å². The largest absolute Gasteiger partial charge is 0.354 e. The molecule has 0 saturated carbocycles. The molecule has 0 aliphatic carbocycles. The van der Waals surface area contributed by atoms with E-state index in [0.717, 1.165) is 24.0 Å². The first-order valence-corrected chi connectivity index (χ1v) is 9.79. The third-order valence-corrected chi connectivity index (χ3v) is 4.90. The van der Waals surface area contributed by atoms with Gasteiger partial charge in [0.05, 0.1) is 6.42 Å². The van der Waals surface area contributed by atoms with E-state index in [0.29, 0.717) is 12.1 Å². The Morgan fingerprint density at radius 2 is 1.71 bits per heavy atom. The lowest BCUT2D eigenvalue weighted by Crippen LogP contribution is -2.48. The number of halogens is 1. The summed E-state index contributed by atoms with van der Waals surface area (Å²) < 4.78 is 14.2. The average Bonchev–Trinajstić information content (AvgIpc) is 2.68. The van der Waals surface area contributed by atoms with E-state index < -0.39 is 6.04 Å². The Bertz CT molecular complexity index is 807. The summed E-state index contributed by atoms with van der Waals surface area (Å²) in [6.07, 6.45) is 2.02. The second kappa shape index (κ2) is 10.6. The van der Waals surface area contributed by atoms with E-state index in [4.69, 9.17) is 0 Å². The van der Waals surface area contributed by atoms with Crippen molar-refractivity contribution in [2.24, 2.45) is 0 Å². The molecular weight excluding hydrogens is 355 g/mol. The zero-order valence-electron chi connectivity index (χ0n) is 16.9. The fourth-order valence-corrected chi connectivity index (χ4v) is 3.00. The van der Waals surface area contributed by atoms with Gasteiger partial charge in [-0.05, 0) is 37.5 Å². The van der Waals surface area contributed by atoms with Crippen molar-refractivity contribution in [3.63, 3.8) is 0 Å². The number of amides is 2. The maximum atomic E-state index is 14.2. The van der Waals surface area contributed by atoms with Gasteiger partial charge in [0.2, 0.25) is 11.8 Å². The van der Waals surface area contributed by atoms with Crippen molar-refractivity contribution in [2.45, 2.75) is 52.6 Å². The number of aryl methyl sites for hydroxylation is 1. The molecule has 2 aromatic carbocycles. The van der Waals surface area contributed by atoms with Gasteiger partial charge in [0, 0.05) is 18.7 Å². The minimum absolute atomic E-state index is 0.0553. The summed E-state index contributed by atoms with van der Waals surface area (Å²) in [5.74, 6) is -0.798. The number of benzene rings is 2. The first-order chi connectivity index (χ1) is 13.4. The third-order valence-electron chi connectivity index (χ3n) is 4.90. The molecule has 4 nitrogen and oxygen atoms in total. The molecule has 0 fully saturated rings. The SMILES string of the molecule is CCCCNC(=O)C(C)N(Cc1ccccc1F)C(=O)Cc1ccccc1C. The smallest absolute Gasteiger partial charge is 0.242 e. The van der Waals surface area contributed by atoms with Gasteiger partial charge in [-0.3, -0.25) is 9.59 Å². The maximum absolute atomic E-state index is 14.2. The van der Waals surface area contributed by atoms with E-state index >= 15 is 0 Å². The summed E-state index contributed by atoms with van der Waals surface area (Å²) in [5.41, 5.74) is 2.32. The summed E-state index contributed by atoms with van der Waals surface area (Å²) in [7, 11) is 0. The van der Waals surface area contributed by atoms with E-state index in [2.05, 4.69) is 5.32 Å². The van der Waals surface area contributed by atoms with Crippen LogP contribution in [0.15, 0.2) is 48.5 Å². The van der Waals surface area contributed by atoms with Crippen LogP contribution in [-0.4, -0.2) is 29.3 Å². The molecule has 150 valence electrons. The van der Waals surface area contributed by atoms with Crippen LogP contribution in [0.5, 0.6) is 0 Å². The van der Waals surface area contributed by atoms with Crippen LogP contribution < -0.4 is 5.32 Å². The van der Waals surface area contributed by atoms with Crippen LogP contribution >= 0.6 is 0 Å². The second-order valence-electron chi connectivity index (χ2n) is 7.04. The van der Waals surface area contributed by atoms with Crippen LogP contribution in [0, 0.1) is 12.7 Å². The predicted octanol–water partition coefficient (Wildman–Crippen LogP) is 4.01. The average molecular weight is 384 g/mol. The molecule has 5 heteroatoms. The molecule has 0 aliphatic heterocycles. The van der Waals surface area contributed by atoms with Gasteiger partial charge in [-0.2, -0.15) is 0 Å². The maximum Gasteiger partial charge on any atom is 0.242 e. The van der Waals surface area contributed by atoms with Gasteiger partial charge in [0.1, 0.15) is 11.9 Å². The third kappa shape index (κ3) is 5.91. The second-order valence-corrected chi connectivity index (χ2v) is 7.04. The Labute approximate surface area is 166 Å². The topological polar surface area (TPSA) is 49.4 Å². The van der Waals surface area contributed by atoms with Gasteiger partial charge in [-0.15, -0.1) is 0 Å². The van der Waals surface area contributed by atoms with E-state index in [1.165, 1.54) is 11.0 Å². The number of nitrogens with one attached hydrogen (secondary N) is 1. The lowest BCUT2D eigenvalue weighted by molar-refractivity contribution is -0.140. The highest BCUT2D eigenvalue weighted by Crippen LogP contribution is 2.16. The van der Waals surface area contributed by atoms with Crippen molar-refractivity contribution in [1.29, 1.82) is 0 Å². The van der Waals surface area contributed by atoms with Crippen molar-refractivity contribution >= 4 is 11.8 Å². The molecule has 2 aromatic rings. The van der Waals surface area contributed by atoms with E-state index in [1.807, 2.05) is 38.1 Å². The van der Waals surface area contributed by atoms with Gasteiger partial charge in [-0.1, -0.05) is 55.8 Å². The van der Waals surface area contributed by atoms with Crippen LogP contribution in [-0.2, 0) is 22.6 Å². The van der Waals surface area contributed by atoms with Gasteiger partial charge < -0.3 is 10.2 Å². The van der Waals surface area contributed by atoms with E-state index in [-0.39, 0.29) is 30.6 Å². The molecule has 0 bridgehead atoms. The number of carbonyl (C=O) groups excluding carboxylic acids is 2. The molecule has 0 radical (unpaired) electrons. The molecule has 0 spiro atoms. The molecule has 28 heavy (non-hydrogen) atoms. The summed E-state index contributed by atoms with van der Waals surface area (Å²) >= 11 is 0. The molecule has 0 aromatic heterocycles. The lowest BCUT2D eigenvalue weighted by Gasteiger charge is -2.29. The van der Waals surface area contributed by atoms with Crippen LogP contribution in [0.1, 0.15) is 43.4 Å². The first-order valence-electron chi connectivity index (χ1n) is 9.79. The standard InChI is InChI=1S/C23H29FN2O2/c1-4-5-14-25-23(28)18(3)26(16-20-12-8-9-13-21(20)24)22(27)15-19-11-7-6-10-17(19)2/h6-13,18H,4-5,14-16H2,1-3H3,(H,25,28). The van der Waals surface area contributed by atoms with Gasteiger partial charge in [-0.25, -0.2) is 4.39 Å². The zero-order chi connectivity index (χ0) is 20.5. The molecule has 1 atom stereocenters. The quantitative estimate of drug-likeness (QED) is 0.664. The molecule has 0 aliphatic rings. The van der Waals surface area contributed by atoms with Gasteiger partial charge in [0.25, 0.3) is 0 Å². The Morgan fingerprint density at radius 1 is 1.07 bits per heavy atom. The lowest BCUT2D eigenvalue weighted by atomic mass is 10.0. The summed E-state index contributed by atoms with van der Waals surface area (Å²) in [6, 6.07) is 13.3. The number of rotatable bonds is 9. The number of unbranched alkanes of at least 4 members (excludes halogenated alkanes) is 1. The molecule has 2 amide bonds. The number of hydrogen-bond donors (Lipinski definition) is 1. The van der Waals surface area contributed by atoms with Crippen molar-refractivity contribution in [3.8, 4) is 0 Å². The number of nitrogens with zero attached hydrogens (tertiary/aromatic N) is 1. The van der Waals surface area contributed by atoms with E-state index in [9.17, 15) is 14.0 Å². The summed E-state index contributed by atoms with van der Waals surface area (Å²) in [5, 5.41) is 2.87. The Kier molecular flexibility index (Phi) is 8.18. The molecule has 1 N–H and O–H groups in total. The normalized spacial score (nSPS) is 11.7. The molecule has 2 rings (SSSR count). The summed E-state index contributed by atoms with van der Waals surface area (Å²) in [4.78, 5) is 27.1. The summed E-state index contributed by atoms with van der Waals surface area (Å²) in [6.45, 7) is 6.31. The highest BCUT2D eigenvalue weighted by molar-refractivity contribution is 5.88. The number of carbonyl (C=O) groups is 2. The highest BCUT2D eigenvalue weighted by atomic mass is 19.1. The fraction of sp³-hybridized carbons (Fsp3) is 0.391. The Balaban J connectivity index is 2.22. The predicted molar refractivity (Wildman–Crippen MR) is 109 cm³/mol. The minimum Gasteiger partial charge on any atom is -0.354 e. The van der Waals surface area contributed by atoms with Crippen LogP contribution in [0.4, 0.5) is 4.39 Å². The van der Waals surface area contributed by atoms with Crippen molar-refractivity contribution < 1.29 is 14.0 Å². The fourth-order valence-electron chi connectivity index (χ4n) is 3.00. The Morgan fingerprint density at radius 3 is 2.36 bits per heavy atom. The molecule has 1 unspecified atom stereocenters. The highest BCUT2D eigenvalue weighted by Gasteiger charge is 2.27. The van der Waals surface area contributed by atoms with Crippen molar-refractivity contribution in [3.05, 3.63) is 71.0 Å². The van der Waals surface area contributed by atoms with Crippen LogP contribution in [0.25, 0.3) is 0 Å². The van der Waals surface area contributed by atoms with Crippen LogP contribution in [0.3, 0.4) is 0 Å². The number of hydrogen-bond acceptors (Lipinski definition) is 2. The van der Waals surface area contributed by atoms with Crippen molar-refractivity contribution in [1.82, 2.24) is 10.2 Å². The van der Waals surface area contributed by atoms with Crippen molar-refractivity contribution in [2.75, 3.05) is 6.54 Å².